The number of rotatable bonds is 3. The molecule has 0 bridgehead atoms. The van der Waals surface area contributed by atoms with Gasteiger partial charge in [-0.3, -0.25) is 10.7 Å². The first-order chi connectivity index (χ1) is 4.75. The molecule has 3 nitrogen and oxygen atoms in total. The average molecular weight is 143 g/mol. The van der Waals surface area contributed by atoms with Crippen LogP contribution in [0, 0.1) is 5.92 Å². The lowest BCUT2D eigenvalue weighted by Gasteiger charge is -2.37. The van der Waals surface area contributed by atoms with Crippen molar-refractivity contribution in [1.82, 2.24) is 10.3 Å². The summed E-state index contributed by atoms with van der Waals surface area (Å²) in [6.45, 7) is 0. The lowest BCUT2D eigenvalue weighted by molar-refractivity contribution is 0.112. The predicted molar refractivity (Wildman–Crippen MR) is 42.1 cm³/mol. The molecule has 0 heterocycles. The van der Waals surface area contributed by atoms with E-state index in [0.717, 1.165) is 5.92 Å². The van der Waals surface area contributed by atoms with Crippen molar-refractivity contribution in [3.8, 4) is 0 Å². The zero-order valence-corrected chi connectivity index (χ0v) is 6.80. The van der Waals surface area contributed by atoms with Crippen molar-refractivity contribution in [2.24, 2.45) is 11.8 Å². The summed E-state index contributed by atoms with van der Waals surface area (Å²) < 4.78 is 0. The van der Waals surface area contributed by atoms with E-state index in [4.69, 9.17) is 5.84 Å². The third kappa shape index (κ3) is 1.48. The van der Waals surface area contributed by atoms with Crippen molar-refractivity contribution in [2.75, 3.05) is 14.1 Å². The number of hydrogen-bond acceptors (Lipinski definition) is 3. The van der Waals surface area contributed by atoms with Crippen LogP contribution < -0.4 is 11.3 Å². The topological polar surface area (TPSA) is 41.3 Å². The van der Waals surface area contributed by atoms with Crippen molar-refractivity contribution in [3.05, 3.63) is 0 Å². The Balaban J connectivity index is 2.31. The fourth-order valence-corrected chi connectivity index (χ4v) is 1.46. The van der Waals surface area contributed by atoms with Crippen molar-refractivity contribution in [2.45, 2.75) is 25.4 Å². The first-order valence-electron chi connectivity index (χ1n) is 3.88. The van der Waals surface area contributed by atoms with Gasteiger partial charge in [0.05, 0.1) is 6.17 Å². The highest BCUT2D eigenvalue weighted by molar-refractivity contribution is 4.79. The summed E-state index contributed by atoms with van der Waals surface area (Å²) in [5.74, 6) is 6.17. The third-order valence-electron chi connectivity index (χ3n) is 2.32. The van der Waals surface area contributed by atoms with E-state index in [1.807, 2.05) is 0 Å². The first-order valence-corrected chi connectivity index (χ1v) is 3.88. The molecule has 0 aromatic rings. The van der Waals surface area contributed by atoms with E-state index in [0.29, 0.717) is 6.17 Å². The highest BCUT2D eigenvalue weighted by atomic mass is 15.4. The first kappa shape index (κ1) is 7.98. The number of nitrogens with one attached hydrogen (secondary N) is 1. The smallest absolute Gasteiger partial charge is 0.0750 e. The largest absolute Gasteiger partial charge is 0.293 e. The molecule has 3 heteroatoms. The Morgan fingerprint density at radius 1 is 1.50 bits per heavy atom. The second-order valence-corrected chi connectivity index (χ2v) is 3.27. The molecule has 1 fully saturated rings. The SMILES string of the molecule is CN(C)C(NN)C1CCC1. The molecule has 0 spiro atoms. The van der Waals surface area contributed by atoms with Gasteiger partial charge in [-0.2, -0.15) is 0 Å². The van der Waals surface area contributed by atoms with Crippen LogP contribution in [0.1, 0.15) is 19.3 Å². The molecule has 1 saturated carbocycles. The molecule has 0 aliphatic heterocycles. The predicted octanol–water partition coefficient (Wildman–Crippen LogP) is 0.137. The van der Waals surface area contributed by atoms with Crippen molar-refractivity contribution < 1.29 is 0 Å². The zero-order valence-electron chi connectivity index (χ0n) is 6.80. The lowest BCUT2D eigenvalue weighted by Crippen LogP contribution is -2.51. The third-order valence-corrected chi connectivity index (χ3v) is 2.32. The Morgan fingerprint density at radius 2 is 2.10 bits per heavy atom. The van der Waals surface area contributed by atoms with Gasteiger partial charge in [-0.25, -0.2) is 5.43 Å². The van der Waals surface area contributed by atoms with Gasteiger partial charge < -0.3 is 0 Å². The normalized spacial score (nSPS) is 22.8. The highest BCUT2D eigenvalue weighted by Gasteiger charge is 2.27. The lowest BCUT2D eigenvalue weighted by atomic mass is 9.83. The maximum absolute atomic E-state index is 5.39. The summed E-state index contributed by atoms with van der Waals surface area (Å²) in [6, 6.07) is 0. The molecule has 10 heavy (non-hydrogen) atoms. The van der Waals surface area contributed by atoms with Crippen LogP contribution in [0.15, 0.2) is 0 Å². The maximum atomic E-state index is 5.39. The Hall–Kier alpha value is -0.120. The van der Waals surface area contributed by atoms with Crippen molar-refractivity contribution in [1.29, 1.82) is 0 Å². The van der Waals surface area contributed by atoms with Crippen LogP contribution in [0.25, 0.3) is 0 Å². The van der Waals surface area contributed by atoms with E-state index < -0.39 is 0 Å². The van der Waals surface area contributed by atoms with Crippen molar-refractivity contribution in [3.63, 3.8) is 0 Å². The van der Waals surface area contributed by atoms with Crippen LogP contribution in [0.2, 0.25) is 0 Å². The van der Waals surface area contributed by atoms with E-state index in [1.165, 1.54) is 19.3 Å². The van der Waals surface area contributed by atoms with Crippen LogP contribution in [0.5, 0.6) is 0 Å². The molecule has 0 aromatic carbocycles. The molecular weight excluding hydrogens is 126 g/mol. The molecule has 1 aliphatic rings. The van der Waals surface area contributed by atoms with Crippen LogP contribution in [-0.2, 0) is 0 Å². The summed E-state index contributed by atoms with van der Waals surface area (Å²) in [4.78, 5) is 2.14. The van der Waals surface area contributed by atoms with Crippen molar-refractivity contribution >= 4 is 0 Å². The van der Waals surface area contributed by atoms with E-state index in [1.54, 1.807) is 0 Å². The molecule has 0 amide bonds. The van der Waals surface area contributed by atoms with Gasteiger partial charge in [0, 0.05) is 0 Å². The minimum absolute atomic E-state index is 0.383. The summed E-state index contributed by atoms with van der Waals surface area (Å²) >= 11 is 0. The van der Waals surface area contributed by atoms with Gasteiger partial charge in [-0.15, -0.1) is 0 Å². The highest BCUT2D eigenvalue weighted by Crippen LogP contribution is 2.29. The van der Waals surface area contributed by atoms with Crippen LogP contribution in [0.3, 0.4) is 0 Å². The molecule has 1 atom stereocenters. The maximum Gasteiger partial charge on any atom is 0.0750 e. The second kappa shape index (κ2) is 3.32. The van der Waals surface area contributed by atoms with Gasteiger partial charge in [0.2, 0.25) is 0 Å². The molecule has 0 radical (unpaired) electrons. The number of hydrazine groups is 1. The van der Waals surface area contributed by atoms with Crippen LogP contribution >= 0.6 is 0 Å². The van der Waals surface area contributed by atoms with Gasteiger partial charge in [-0.1, -0.05) is 6.42 Å². The summed E-state index contributed by atoms with van der Waals surface area (Å²) in [6.07, 6.45) is 4.41. The fourth-order valence-electron chi connectivity index (χ4n) is 1.46. The Labute approximate surface area is 62.5 Å². The zero-order chi connectivity index (χ0) is 7.56. The Kier molecular flexibility index (Phi) is 2.65. The Morgan fingerprint density at radius 3 is 2.20 bits per heavy atom. The Bertz CT molecular complexity index is 99.0. The summed E-state index contributed by atoms with van der Waals surface area (Å²) in [5.41, 5.74) is 2.83. The molecule has 1 rings (SSSR count). The molecule has 1 aliphatic carbocycles. The second-order valence-electron chi connectivity index (χ2n) is 3.27. The minimum Gasteiger partial charge on any atom is -0.293 e. The van der Waals surface area contributed by atoms with Gasteiger partial charge in [0.15, 0.2) is 0 Å². The molecule has 60 valence electrons. The van der Waals surface area contributed by atoms with Gasteiger partial charge in [-0.05, 0) is 32.9 Å². The quantitative estimate of drug-likeness (QED) is 0.335. The average Bonchev–Trinajstić information content (AvgIpc) is 1.76. The van der Waals surface area contributed by atoms with Crippen LogP contribution in [0.4, 0.5) is 0 Å². The van der Waals surface area contributed by atoms with Gasteiger partial charge in [0.25, 0.3) is 0 Å². The molecule has 0 saturated heterocycles. The minimum atomic E-state index is 0.383. The molecular formula is C7H17N3. The standard InChI is InChI=1S/C7H17N3/c1-10(2)7(9-8)6-4-3-5-6/h6-7,9H,3-5,8H2,1-2H3. The fraction of sp³-hybridized carbons (Fsp3) is 1.00. The van der Waals surface area contributed by atoms with Gasteiger partial charge in [0.1, 0.15) is 0 Å². The molecule has 3 N–H and O–H groups in total. The number of nitrogens with two attached hydrogens (primary N) is 1. The summed E-state index contributed by atoms with van der Waals surface area (Å²) in [5, 5.41) is 0. The summed E-state index contributed by atoms with van der Waals surface area (Å²) in [7, 11) is 4.12. The molecule has 0 aromatic heterocycles. The van der Waals surface area contributed by atoms with E-state index in [-0.39, 0.29) is 0 Å². The van der Waals surface area contributed by atoms with Crippen LogP contribution in [-0.4, -0.2) is 25.2 Å². The van der Waals surface area contributed by atoms with Gasteiger partial charge >= 0.3 is 0 Å². The molecule has 1 unspecified atom stereocenters. The monoisotopic (exact) mass is 143 g/mol. The van der Waals surface area contributed by atoms with E-state index in [9.17, 15) is 0 Å². The number of hydrogen-bond donors (Lipinski definition) is 2. The van der Waals surface area contributed by atoms with E-state index >= 15 is 0 Å². The van der Waals surface area contributed by atoms with E-state index in [2.05, 4.69) is 24.4 Å². The number of nitrogens with zero attached hydrogens (tertiary/aromatic N) is 1.